The van der Waals surface area contributed by atoms with Crippen LogP contribution in [0.5, 0.6) is 0 Å². The van der Waals surface area contributed by atoms with E-state index in [9.17, 15) is 9.90 Å². The van der Waals surface area contributed by atoms with Crippen LogP contribution in [0.1, 0.15) is 44.6 Å². The highest BCUT2D eigenvalue weighted by Gasteiger charge is 2.34. The topological polar surface area (TPSA) is 61.4 Å². The highest BCUT2D eigenvalue weighted by Crippen LogP contribution is 2.30. The van der Waals surface area contributed by atoms with E-state index in [0.717, 1.165) is 30.5 Å². The van der Waals surface area contributed by atoms with Gasteiger partial charge in [-0.15, -0.1) is 0 Å². The summed E-state index contributed by atoms with van der Waals surface area (Å²) in [6.45, 7) is 4.51. The Bertz CT molecular complexity index is 453. The van der Waals surface area contributed by atoms with Crippen molar-refractivity contribution in [3.05, 3.63) is 29.8 Å². The van der Waals surface area contributed by atoms with E-state index in [2.05, 4.69) is 24.5 Å². The van der Waals surface area contributed by atoms with E-state index < -0.39 is 5.60 Å². The lowest BCUT2D eigenvalue weighted by molar-refractivity contribution is -0.0287. The predicted molar refractivity (Wildman–Crippen MR) is 76.4 cm³/mol. The maximum atomic E-state index is 11.8. The summed E-state index contributed by atoms with van der Waals surface area (Å²) in [5.74, 6) is 0.354. The number of carbonyl (C=O) groups is 1. The lowest BCUT2D eigenvalue weighted by atomic mass is 9.80. The van der Waals surface area contributed by atoms with E-state index in [1.165, 1.54) is 0 Å². The molecule has 4 heteroatoms. The van der Waals surface area contributed by atoms with Crippen molar-refractivity contribution in [3.8, 4) is 0 Å². The lowest BCUT2D eigenvalue weighted by Crippen LogP contribution is -2.48. The Balaban J connectivity index is 1.91. The summed E-state index contributed by atoms with van der Waals surface area (Å²) in [4.78, 5) is 11.8. The molecule has 1 saturated carbocycles. The second-order valence-corrected chi connectivity index (χ2v) is 5.63. The molecule has 0 unspecified atom stereocenters. The Morgan fingerprint density at radius 1 is 1.37 bits per heavy atom. The van der Waals surface area contributed by atoms with Crippen LogP contribution in [-0.2, 0) is 0 Å². The molecule has 1 aliphatic carbocycles. The van der Waals surface area contributed by atoms with Crippen LogP contribution >= 0.6 is 0 Å². The average Bonchev–Trinajstić information content (AvgIpc) is 2.34. The molecule has 2 rings (SSSR count). The number of hydrogen-bond acceptors (Lipinski definition) is 2. The van der Waals surface area contributed by atoms with Crippen molar-refractivity contribution < 1.29 is 9.90 Å². The van der Waals surface area contributed by atoms with Crippen LogP contribution in [0.2, 0.25) is 0 Å². The minimum absolute atomic E-state index is 0.256. The van der Waals surface area contributed by atoms with Crippen LogP contribution in [0.4, 0.5) is 10.5 Å². The summed E-state index contributed by atoms with van der Waals surface area (Å²) in [5, 5.41) is 15.5. The van der Waals surface area contributed by atoms with Crippen LogP contribution in [0.25, 0.3) is 0 Å². The Labute approximate surface area is 114 Å². The third-order valence-electron chi connectivity index (χ3n) is 3.69. The van der Waals surface area contributed by atoms with Gasteiger partial charge in [0, 0.05) is 12.2 Å². The summed E-state index contributed by atoms with van der Waals surface area (Å²) in [5.41, 5.74) is 1.25. The van der Waals surface area contributed by atoms with E-state index in [4.69, 9.17) is 0 Å². The number of carbonyl (C=O) groups excluding carboxylic acids is 1. The number of benzene rings is 1. The second-order valence-electron chi connectivity index (χ2n) is 5.63. The van der Waals surface area contributed by atoms with Gasteiger partial charge in [-0.3, -0.25) is 0 Å². The predicted octanol–water partition coefficient (Wildman–Crippen LogP) is 2.85. The van der Waals surface area contributed by atoms with Gasteiger partial charge in [0.2, 0.25) is 0 Å². The second kappa shape index (κ2) is 5.61. The average molecular weight is 262 g/mol. The van der Waals surface area contributed by atoms with Gasteiger partial charge >= 0.3 is 6.03 Å². The maximum absolute atomic E-state index is 11.8. The number of rotatable bonds is 4. The van der Waals surface area contributed by atoms with Crippen molar-refractivity contribution in [2.45, 2.75) is 44.6 Å². The molecule has 0 heterocycles. The minimum Gasteiger partial charge on any atom is -0.388 e. The van der Waals surface area contributed by atoms with Crippen molar-refractivity contribution >= 4 is 11.7 Å². The molecular formula is C15H22N2O2. The molecule has 0 aliphatic heterocycles. The number of para-hydroxylation sites is 1. The van der Waals surface area contributed by atoms with Crippen molar-refractivity contribution in [2.75, 3.05) is 11.9 Å². The first-order valence-corrected chi connectivity index (χ1v) is 6.86. The number of aliphatic hydroxyl groups is 1. The third kappa shape index (κ3) is 3.47. The van der Waals surface area contributed by atoms with Crippen LogP contribution in [0.15, 0.2) is 24.3 Å². The maximum Gasteiger partial charge on any atom is 0.319 e. The fraction of sp³-hybridized carbons (Fsp3) is 0.533. The third-order valence-corrected chi connectivity index (χ3v) is 3.69. The standard InChI is InChI=1S/C15H22N2O2/c1-11(2)12-6-3-4-7-13(12)17-14(18)16-10-15(19)8-5-9-15/h3-4,6-7,11,19H,5,8-10H2,1-2H3,(H2,16,17,18). The normalized spacial score (nSPS) is 16.8. The molecule has 0 radical (unpaired) electrons. The van der Waals surface area contributed by atoms with Gasteiger partial charge in [0.15, 0.2) is 0 Å². The van der Waals surface area contributed by atoms with Gasteiger partial charge in [0.25, 0.3) is 0 Å². The zero-order chi connectivity index (χ0) is 13.9. The molecule has 1 aromatic carbocycles. The molecule has 0 atom stereocenters. The Hall–Kier alpha value is -1.55. The Kier molecular flexibility index (Phi) is 4.10. The Morgan fingerprint density at radius 2 is 2.05 bits per heavy atom. The quantitative estimate of drug-likeness (QED) is 0.781. The van der Waals surface area contributed by atoms with Gasteiger partial charge in [-0.25, -0.2) is 4.79 Å². The largest absolute Gasteiger partial charge is 0.388 e. The molecule has 4 nitrogen and oxygen atoms in total. The van der Waals surface area contributed by atoms with Gasteiger partial charge in [-0.2, -0.15) is 0 Å². The summed E-state index contributed by atoms with van der Waals surface area (Å²) >= 11 is 0. The van der Waals surface area contributed by atoms with Crippen molar-refractivity contribution in [1.29, 1.82) is 0 Å². The van der Waals surface area contributed by atoms with Crippen molar-refractivity contribution in [1.82, 2.24) is 5.32 Å². The number of anilines is 1. The Morgan fingerprint density at radius 3 is 2.63 bits per heavy atom. The molecule has 1 fully saturated rings. The monoisotopic (exact) mass is 262 g/mol. The first kappa shape index (κ1) is 13.9. The first-order chi connectivity index (χ1) is 9.00. The SMILES string of the molecule is CC(C)c1ccccc1NC(=O)NCC1(O)CCC1. The number of nitrogens with one attached hydrogen (secondary N) is 2. The summed E-state index contributed by atoms with van der Waals surface area (Å²) in [7, 11) is 0. The summed E-state index contributed by atoms with van der Waals surface area (Å²) < 4.78 is 0. The number of urea groups is 1. The summed E-state index contributed by atoms with van der Waals surface area (Å²) in [6, 6.07) is 7.52. The van der Waals surface area contributed by atoms with E-state index in [-0.39, 0.29) is 6.03 Å². The molecule has 0 aromatic heterocycles. The highest BCUT2D eigenvalue weighted by atomic mass is 16.3. The van der Waals surface area contributed by atoms with Gasteiger partial charge in [0.05, 0.1) is 5.60 Å². The van der Waals surface area contributed by atoms with Gasteiger partial charge in [0.1, 0.15) is 0 Å². The molecule has 3 N–H and O–H groups in total. The van der Waals surface area contributed by atoms with Crippen molar-refractivity contribution in [3.63, 3.8) is 0 Å². The van der Waals surface area contributed by atoms with E-state index in [1.54, 1.807) is 0 Å². The van der Waals surface area contributed by atoms with Gasteiger partial charge in [-0.1, -0.05) is 32.0 Å². The fourth-order valence-corrected chi connectivity index (χ4v) is 2.29. The van der Waals surface area contributed by atoms with Crippen LogP contribution in [0, 0.1) is 0 Å². The molecule has 19 heavy (non-hydrogen) atoms. The molecular weight excluding hydrogens is 240 g/mol. The molecule has 0 spiro atoms. The van der Waals surface area contributed by atoms with E-state index in [0.29, 0.717) is 12.5 Å². The molecule has 0 bridgehead atoms. The minimum atomic E-state index is -0.686. The summed E-state index contributed by atoms with van der Waals surface area (Å²) in [6.07, 6.45) is 2.59. The zero-order valence-electron chi connectivity index (χ0n) is 11.6. The smallest absolute Gasteiger partial charge is 0.319 e. The zero-order valence-corrected chi connectivity index (χ0v) is 11.6. The highest BCUT2D eigenvalue weighted by molar-refractivity contribution is 5.90. The first-order valence-electron chi connectivity index (χ1n) is 6.86. The van der Waals surface area contributed by atoms with E-state index in [1.807, 2.05) is 24.3 Å². The fourth-order valence-electron chi connectivity index (χ4n) is 2.29. The number of amides is 2. The molecule has 104 valence electrons. The number of hydrogen-bond donors (Lipinski definition) is 3. The van der Waals surface area contributed by atoms with Crippen LogP contribution in [-0.4, -0.2) is 23.3 Å². The molecule has 2 amide bonds. The van der Waals surface area contributed by atoms with E-state index >= 15 is 0 Å². The van der Waals surface area contributed by atoms with Gasteiger partial charge < -0.3 is 15.7 Å². The van der Waals surface area contributed by atoms with Crippen LogP contribution < -0.4 is 10.6 Å². The molecule has 0 saturated heterocycles. The molecule has 1 aliphatic rings. The lowest BCUT2D eigenvalue weighted by Gasteiger charge is -2.36. The van der Waals surface area contributed by atoms with Crippen molar-refractivity contribution in [2.24, 2.45) is 0 Å². The molecule has 1 aromatic rings. The van der Waals surface area contributed by atoms with Crippen LogP contribution in [0.3, 0.4) is 0 Å². The van der Waals surface area contributed by atoms with Gasteiger partial charge in [-0.05, 0) is 36.8 Å².